The van der Waals surface area contributed by atoms with E-state index in [2.05, 4.69) is 36.1 Å². The Morgan fingerprint density at radius 3 is 2.25 bits per heavy atom. The van der Waals surface area contributed by atoms with Crippen molar-refractivity contribution in [1.29, 1.82) is 0 Å². The molecule has 1 heterocycles. The van der Waals surface area contributed by atoms with Gasteiger partial charge < -0.3 is 10.4 Å². The second kappa shape index (κ2) is 4.01. The lowest BCUT2D eigenvalue weighted by Gasteiger charge is -2.32. The lowest BCUT2D eigenvalue weighted by Crippen LogP contribution is -2.39. The van der Waals surface area contributed by atoms with Gasteiger partial charge in [0.2, 0.25) is 0 Å². The number of nitrogens with one attached hydrogen (secondary N) is 1. The molecular weight excluding hydrogens is 202 g/mol. The second-order valence-electron chi connectivity index (χ2n) is 5.51. The molecule has 4 heteroatoms. The van der Waals surface area contributed by atoms with Crippen LogP contribution < -0.4 is 5.32 Å². The van der Waals surface area contributed by atoms with Gasteiger partial charge >= 0.3 is 0 Å². The minimum Gasteiger partial charge on any atom is -0.393 e. The Kier molecular flexibility index (Phi) is 2.84. The monoisotopic (exact) mass is 221 g/mol. The van der Waals surface area contributed by atoms with Crippen LogP contribution >= 0.6 is 0 Å². The average molecular weight is 221 g/mol. The van der Waals surface area contributed by atoms with Crippen LogP contribution in [0, 0.1) is 0 Å². The summed E-state index contributed by atoms with van der Waals surface area (Å²) < 4.78 is 0. The van der Waals surface area contributed by atoms with Crippen LogP contribution in [-0.2, 0) is 5.41 Å². The van der Waals surface area contributed by atoms with E-state index in [1.165, 1.54) is 0 Å². The van der Waals surface area contributed by atoms with E-state index in [-0.39, 0.29) is 11.5 Å². The minimum absolute atomic E-state index is 0.00874. The molecule has 0 spiro atoms. The van der Waals surface area contributed by atoms with Gasteiger partial charge in [-0.3, -0.25) is 0 Å². The number of hydrogen-bond acceptors (Lipinski definition) is 4. The van der Waals surface area contributed by atoms with Crippen molar-refractivity contribution >= 4 is 5.69 Å². The molecule has 0 aliphatic heterocycles. The van der Waals surface area contributed by atoms with Crippen LogP contribution in [0.1, 0.15) is 39.4 Å². The Balaban J connectivity index is 1.97. The number of rotatable bonds is 2. The first-order chi connectivity index (χ1) is 7.45. The zero-order chi connectivity index (χ0) is 11.8. The lowest BCUT2D eigenvalue weighted by atomic mass is 9.89. The maximum atomic E-state index is 9.18. The molecule has 0 saturated heterocycles. The van der Waals surface area contributed by atoms with Crippen LogP contribution in [0.3, 0.4) is 0 Å². The highest BCUT2D eigenvalue weighted by Crippen LogP contribution is 2.24. The molecule has 0 radical (unpaired) electrons. The van der Waals surface area contributed by atoms with Gasteiger partial charge in [-0.25, -0.2) is 9.97 Å². The van der Waals surface area contributed by atoms with Crippen LogP contribution in [0.15, 0.2) is 12.4 Å². The highest BCUT2D eigenvalue weighted by atomic mass is 16.3. The summed E-state index contributed by atoms with van der Waals surface area (Å²) in [5, 5.41) is 12.5. The highest BCUT2D eigenvalue weighted by Gasteiger charge is 2.27. The molecule has 1 aromatic heterocycles. The van der Waals surface area contributed by atoms with E-state index < -0.39 is 0 Å². The zero-order valence-corrected chi connectivity index (χ0v) is 10.1. The standard InChI is InChI=1S/C12H19N3O/c1-12(2,3)11-13-6-9(7-14-11)15-8-4-10(16)5-8/h6-8,10,15-16H,4-5H2,1-3H3. The molecule has 1 saturated carbocycles. The van der Waals surface area contributed by atoms with Gasteiger partial charge in [-0.05, 0) is 12.8 Å². The van der Waals surface area contributed by atoms with Gasteiger partial charge in [0.15, 0.2) is 0 Å². The molecule has 16 heavy (non-hydrogen) atoms. The van der Waals surface area contributed by atoms with Gasteiger partial charge in [0, 0.05) is 11.5 Å². The van der Waals surface area contributed by atoms with Gasteiger partial charge in [-0.2, -0.15) is 0 Å². The number of aliphatic hydroxyl groups excluding tert-OH is 1. The van der Waals surface area contributed by atoms with Crippen LogP contribution in [0.5, 0.6) is 0 Å². The molecule has 4 nitrogen and oxygen atoms in total. The number of anilines is 1. The number of hydrogen-bond donors (Lipinski definition) is 2. The highest BCUT2D eigenvalue weighted by molar-refractivity contribution is 5.40. The molecule has 0 bridgehead atoms. The largest absolute Gasteiger partial charge is 0.393 e. The van der Waals surface area contributed by atoms with Crippen molar-refractivity contribution in [2.45, 2.75) is 51.2 Å². The van der Waals surface area contributed by atoms with Gasteiger partial charge in [0.1, 0.15) is 5.82 Å². The van der Waals surface area contributed by atoms with Crippen molar-refractivity contribution in [2.24, 2.45) is 0 Å². The van der Waals surface area contributed by atoms with E-state index in [1.54, 1.807) is 0 Å². The molecular formula is C12H19N3O. The summed E-state index contributed by atoms with van der Waals surface area (Å²) >= 11 is 0. The Hall–Kier alpha value is -1.16. The first kappa shape index (κ1) is 11.3. The first-order valence-electron chi connectivity index (χ1n) is 5.72. The van der Waals surface area contributed by atoms with Crippen molar-refractivity contribution in [3.8, 4) is 0 Å². The Bertz CT molecular complexity index is 350. The molecule has 2 rings (SSSR count). The van der Waals surface area contributed by atoms with Crippen LogP contribution in [0.2, 0.25) is 0 Å². The lowest BCUT2D eigenvalue weighted by molar-refractivity contribution is 0.0836. The van der Waals surface area contributed by atoms with Crippen molar-refractivity contribution in [2.75, 3.05) is 5.32 Å². The quantitative estimate of drug-likeness (QED) is 0.798. The fourth-order valence-electron chi connectivity index (χ4n) is 1.73. The summed E-state index contributed by atoms with van der Waals surface area (Å²) in [6.45, 7) is 6.28. The summed E-state index contributed by atoms with van der Waals surface area (Å²) in [5.74, 6) is 0.853. The molecule has 0 aromatic carbocycles. The third-order valence-electron chi connectivity index (χ3n) is 2.81. The maximum Gasteiger partial charge on any atom is 0.133 e. The SMILES string of the molecule is CC(C)(C)c1ncc(NC2CC(O)C2)cn1. The van der Waals surface area contributed by atoms with E-state index in [0.29, 0.717) is 6.04 Å². The first-order valence-corrected chi connectivity index (χ1v) is 5.72. The number of aliphatic hydroxyl groups is 1. The Morgan fingerprint density at radius 1 is 1.25 bits per heavy atom. The van der Waals surface area contributed by atoms with Gasteiger partial charge in [0.05, 0.1) is 24.2 Å². The Morgan fingerprint density at radius 2 is 1.81 bits per heavy atom. The predicted octanol–water partition coefficient (Wildman–Crippen LogP) is 1.71. The fourth-order valence-corrected chi connectivity index (χ4v) is 1.73. The summed E-state index contributed by atoms with van der Waals surface area (Å²) in [6.07, 6.45) is 5.14. The fraction of sp³-hybridized carbons (Fsp3) is 0.667. The Labute approximate surface area is 96.1 Å². The van der Waals surface area contributed by atoms with Crippen LogP contribution in [-0.4, -0.2) is 27.2 Å². The van der Waals surface area contributed by atoms with Crippen LogP contribution in [0.4, 0.5) is 5.69 Å². The second-order valence-corrected chi connectivity index (χ2v) is 5.51. The molecule has 1 fully saturated rings. The van der Waals surface area contributed by atoms with Crippen molar-refractivity contribution in [3.63, 3.8) is 0 Å². The summed E-state index contributed by atoms with van der Waals surface area (Å²) in [4.78, 5) is 8.69. The average Bonchev–Trinajstić information content (AvgIpc) is 2.15. The number of aromatic nitrogens is 2. The van der Waals surface area contributed by atoms with Crippen molar-refractivity contribution in [1.82, 2.24) is 9.97 Å². The molecule has 1 aliphatic carbocycles. The molecule has 0 amide bonds. The van der Waals surface area contributed by atoms with Gasteiger partial charge in [-0.15, -0.1) is 0 Å². The smallest absolute Gasteiger partial charge is 0.133 e. The third-order valence-corrected chi connectivity index (χ3v) is 2.81. The maximum absolute atomic E-state index is 9.18. The summed E-state index contributed by atoms with van der Waals surface area (Å²) in [5.41, 5.74) is 0.926. The molecule has 0 unspecified atom stereocenters. The molecule has 88 valence electrons. The van der Waals surface area contributed by atoms with Crippen molar-refractivity contribution in [3.05, 3.63) is 18.2 Å². The summed E-state index contributed by atoms with van der Waals surface area (Å²) in [6, 6.07) is 0.374. The molecule has 2 N–H and O–H groups in total. The van der Waals surface area contributed by atoms with Crippen LogP contribution in [0.25, 0.3) is 0 Å². The summed E-state index contributed by atoms with van der Waals surface area (Å²) in [7, 11) is 0. The predicted molar refractivity (Wildman–Crippen MR) is 63.4 cm³/mol. The van der Waals surface area contributed by atoms with E-state index >= 15 is 0 Å². The van der Waals surface area contributed by atoms with E-state index in [1.807, 2.05) is 12.4 Å². The van der Waals surface area contributed by atoms with E-state index in [4.69, 9.17) is 0 Å². The van der Waals surface area contributed by atoms with Gasteiger partial charge in [0.25, 0.3) is 0 Å². The minimum atomic E-state index is -0.132. The third kappa shape index (κ3) is 2.50. The zero-order valence-electron chi connectivity index (χ0n) is 10.1. The number of nitrogens with zero attached hydrogens (tertiary/aromatic N) is 2. The van der Waals surface area contributed by atoms with Crippen molar-refractivity contribution < 1.29 is 5.11 Å². The topological polar surface area (TPSA) is 58.0 Å². The van der Waals surface area contributed by atoms with E-state index in [9.17, 15) is 5.11 Å². The molecule has 0 atom stereocenters. The van der Waals surface area contributed by atoms with E-state index in [0.717, 1.165) is 24.4 Å². The molecule has 1 aromatic rings. The van der Waals surface area contributed by atoms with Gasteiger partial charge in [-0.1, -0.05) is 20.8 Å². The molecule has 1 aliphatic rings. The normalized spacial score (nSPS) is 25.0.